The van der Waals surface area contributed by atoms with Gasteiger partial charge in [-0.2, -0.15) is 0 Å². The largest absolute Gasteiger partial charge is 0.0616 e. The van der Waals surface area contributed by atoms with Gasteiger partial charge < -0.3 is 0 Å². The number of rotatable bonds is 3. The van der Waals surface area contributed by atoms with Gasteiger partial charge in [-0.1, -0.05) is 188 Å². The quantitative estimate of drug-likeness (QED) is 0.163. The summed E-state index contributed by atoms with van der Waals surface area (Å²) in [6.45, 7) is 0. The van der Waals surface area contributed by atoms with E-state index in [-0.39, 0.29) is 0 Å². The highest BCUT2D eigenvalue weighted by molar-refractivity contribution is 6.22. The van der Waals surface area contributed by atoms with Crippen LogP contribution in [-0.4, -0.2) is 0 Å². The van der Waals surface area contributed by atoms with Crippen molar-refractivity contribution >= 4 is 32.3 Å². The van der Waals surface area contributed by atoms with E-state index in [1.54, 1.807) is 0 Å². The van der Waals surface area contributed by atoms with E-state index in [2.05, 4.69) is 206 Å². The first kappa shape index (κ1) is 30.6. The maximum atomic E-state index is 2.45. The smallest absolute Gasteiger partial charge is 0.00261 e. The van der Waals surface area contributed by atoms with Gasteiger partial charge in [0.1, 0.15) is 0 Å². The van der Waals surface area contributed by atoms with Crippen molar-refractivity contribution < 1.29 is 0 Å². The molecule has 0 amide bonds. The predicted octanol–water partition coefficient (Wildman–Crippen LogP) is 15.1. The molecule has 250 valence electrons. The monoisotopic (exact) mass is 682 g/mol. The van der Waals surface area contributed by atoms with Crippen LogP contribution in [0.2, 0.25) is 0 Å². The second kappa shape index (κ2) is 12.3. The van der Waals surface area contributed by atoms with Gasteiger partial charge in [-0.05, 0) is 128 Å². The Kier molecular flexibility index (Phi) is 6.97. The van der Waals surface area contributed by atoms with E-state index in [9.17, 15) is 0 Å². The fourth-order valence-electron chi connectivity index (χ4n) is 8.99. The molecule has 1 aliphatic rings. The third kappa shape index (κ3) is 4.78. The molecule has 10 aromatic carbocycles. The van der Waals surface area contributed by atoms with E-state index >= 15 is 0 Å². The van der Waals surface area contributed by atoms with Crippen LogP contribution in [0.4, 0.5) is 0 Å². The van der Waals surface area contributed by atoms with Crippen molar-refractivity contribution in [1.29, 1.82) is 0 Å². The van der Waals surface area contributed by atoms with Crippen molar-refractivity contribution in [3.05, 3.63) is 206 Å². The van der Waals surface area contributed by atoms with Crippen LogP contribution in [0.1, 0.15) is 0 Å². The molecule has 11 rings (SSSR count). The van der Waals surface area contributed by atoms with Gasteiger partial charge in [0.2, 0.25) is 0 Å². The molecule has 0 fully saturated rings. The Balaban J connectivity index is 1.16. The minimum absolute atomic E-state index is 1.22. The van der Waals surface area contributed by atoms with Crippen molar-refractivity contribution in [2.24, 2.45) is 0 Å². The Morgan fingerprint density at radius 2 is 0.556 bits per heavy atom. The molecular formula is C54H34. The van der Waals surface area contributed by atoms with Crippen molar-refractivity contribution in [2.45, 2.75) is 0 Å². The molecule has 54 heavy (non-hydrogen) atoms. The SMILES string of the molecule is c1cc(-c2ccc3ccccc3c2)cc(-c2c3ccccc3c(-c3ccc4c(c3)-c3ccccc3-c3ccccc3-c3ccccc3-4)c3ccccc23)c1. The molecule has 0 radical (unpaired) electrons. The Bertz CT molecular complexity index is 3040. The minimum Gasteiger partial charge on any atom is -0.0616 e. The lowest BCUT2D eigenvalue weighted by atomic mass is 9.79. The minimum atomic E-state index is 1.22. The molecule has 0 atom stereocenters. The topological polar surface area (TPSA) is 0 Å². The first-order valence-electron chi connectivity index (χ1n) is 18.8. The summed E-state index contributed by atoms with van der Waals surface area (Å²) in [4.78, 5) is 0. The van der Waals surface area contributed by atoms with Gasteiger partial charge >= 0.3 is 0 Å². The molecule has 0 bridgehead atoms. The van der Waals surface area contributed by atoms with Gasteiger partial charge in [-0.15, -0.1) is 0 Å². The highest BCUT2D eigenvalue weighted by atomic mass is 14.3. The zero-order valence-electron chi connectivity index (χ0n) is 29.6. The Hall–Kier alpha value is -7.02. The third-order valence-electron chi connectivity index (χ3n) is 11.4. The van der Waals surface area contributed by atoms with Crippen LogP contribution in [0.3, 0.4) is 0 Å². The molecule has 0 nitrogen and oxygen atoms in total. The van der Waals surface area contributed by atoms with Gasteiger partial charge in [0.25, 0.3) is 0 Å². The third-order valence-corrected chi connectivity index (χ3v) is 11.4. The summed E-state index contributed by atoms with van der Waals surface area (Å²) in [7, 11) is 0. The summed E-state index contributed by atoms with van der Waals surface area (Å²) in [5, 5.41) is 7.55. The molecule has 0 heteroatoms. The van der Waals surface area contributed by atoms with Crippen LogP contribution in [0.25, 0.3) is 110 Å². The molecule has 0 aliphatic heterocycles. The fraction of sp³-hybridized carbons (Fsp3) is 0. The molecule has 0 heterocycles. The number of fused-ring (bicyclic) bond motifs is 11. The average molecular weight is 683 g/mol. The summed E-state index contributed by atoms with van der Waals surface area (Å²) in [5.41, 5.74) is 17.5. The first-order chi connectivity index (χ1) is 26.8. The number of hydrogen-bond acceptors (Lipinski definition) is 0. The standard InChI is InChI=1S/C54H34/c1-2-15-36-32-38(29-28-35(36)14-1)37-16-13-17-39(33-37)53-48-24-9-11-26-50(48)54(51-27-12-10-25-49(51)53)40-30-31-47-45-22-6-5-20-43(45)41-18-3-4-19-42(41)44-21-7-8-23-46(44)52(47)34-40/h1-34H. The average Bonchev–Trinajstić information content (AvgIpc) is 3.25. The van der Waals surface area contributed by atoms with Crippen molar-refractivity contribution in [2.75, 3.05) is 0 Å². The van der Waals surface area contributed by atoms with Crippen molar-refractivity contribution in [3.8, 4) is 77.9 Å². The lowest BCUT2D eigenvalue weighted by Gasteiger charge is -2.24. The van der Waals surface area contributed by atoms with Crippen LogP contribution in [0.5, 0.6) is 0 Å². The highest BCUT2D eigenvalue weighted by Gasteiger charge is 2.23. The van der Waals surface area contributed by atoms with E-state index < -0.39 is 0 Å². The Morgan fingerprint density at radius 3 is 1.09 bits per heavy atom. The lowest BCUT2D eigenvalue weighted by molar-refractivity contribution is 1.52. The molecular weight excluding hydrogens is 649 g/mol. The maximum absolute atomic E-state index is 2.45. The maximum Gasteiger partial charge on any atom is -0.00261 e. The molecule has 10 aromatic rings. The number of benzene rings is 10. The van der Waals surface area contributed by atoms with Gasteiger partial charge in [-0.3, -0.25) is 0 Å². The normalized spacial score (nSPS) is 11.7. The molecule has 0 N–H and O–H groups in total. The molecule has 0 aromatic heterocycles. The van der Waals surface area contributed by atoms with Crippen LogP contribution in [0.15, 0.2) is 206 Å². The number of hydrogen-bond donors (Lipinski definition) is 0. The zero-order valence-corrected chi connectivity index (χ0v) is 29.6. The van der Waals surface area contributed by atoms with Crippen molar-refractivity contribution in [1.82, 2.24) is 0 Å². The van der Waals surface area contributed by atoms with E-state index in [1.807, 2.05) is 0 Å². The van der Waals surface area contributed by atoms with Crippen LogP contribution in [-0.2, 0) is 0 Å². The Labute approximate surface area is 315 Å². The van der Waals surface area contributed by atoms with Gasteiger partial charge in [0.15, 0.2) is 0 Å². The van der Waals surface area contributed by atoms with E-state index in [0.717, 1.165) is 0 Å². The van der Waals surface area contributed by atoms with Crippen LogP contribution in [0, 0.1) is 0 Å². The van der Waals surface area contributed by atoms with E-state index in [1.165, 1.54) is 110 Å². The molecule has 1 aliphatic carbocycles. The second-order valence-electron chi connectivity index (χ2n) is 14.4. The molecule has 0 unspecified atom stereocenters. The zero-order chi connectivity index (χ0) is 35.6. The molecule has 0 saturated heterocycles. The van der Waals surface area contributed by atoms with Crippen LogP contribution < -0.4 is 0 Å². The fourth-order valence-corrected chi connectivity index (χ4v) is 8.99. The van der Waals surface area contributed by atoms with E-state index in [4.69, 9.17) is 0 Å². The van der Waals surface area contributed by atoms with E-state index in [0.29, 0.717) is 0 Å². The summed E-state index contributed by atoms with van der Waals surface area (Å²) in [6, 6.07) is 76.3. The summed E-state index contributed by atoms with van der Waals surface area (Å²) in [5.74, 6) is 0. The molecule has 0 spiro atoms. The van der Waals surface area contributed by atoms with Crippen molar-refractivity contribution in [3.63, 3.8) is 0 Å². The van der Waals surface area contributed by atoms with Gasteiger partial charge in [0, 0.05) is 0 Å². The highest BCUT2D eigenvalue weighted by Crippen LogP contribution is 2.50. The summed E-state index contributed by atoms with van der Waals surface area (Å²) < 4.78 is 0. The second-order valence-corrected chi connectivity index (χ2v) is 14.4. The molecule has 0 saturated carbocycles. The predicted molar refractivity (Wildman–Crippen MR) is 231 cm³/mol. The Morgan fingerprint density at radius 1 is 0.185 bits per heavy atom. The lowest BCUT2D eigenvalue weighted by Crippen LogP contribution is -1.97. The van der Waals surface area contributed by atoms with Gasteiger partial charge in [0.05, 0.1) is 0 Å². The van der Waals surface area contributed by atoms with Crippen LogP contribution >= 0.6 is 0 Å². The summed E-state index contributed by atoms with van der Waals surface area (Å²) >= 11 is 0. The van der Waals surface area contributed by atoms with Gasteiger partial charge in [-0.25, -0.2) is 0 Å². The summed E-state index contributed by atoms with van der Waals surface area (Å²) in [6.07, 6.45) is 0. The first-order valence-corrected chi connectivity index (χ1v) is 18.8.